The van der Waals surface area contributed by atoms with E-state index >= 15 is 0 Å². The van der Waals surface area contributed by atoms with Gasteiger partial charge in [0.05, 0.1) is 18.9 Å². The van der Waals surface area contributed by atoms with Crippen LogP contribution in [0.25, 0.3) is 0 Å². The number of ether oxygens (including phenoxy) is 1. The van der Waals surface area contributed by atoms with E-state index in [0.29, 0.717) is 19.5 Å². The van der Waals surface area contributed by atoms with Crippen LogP contribution in [0.15, 0.2) is 22.8 Å². The molecule has 24 heavy (non-hydrogen) atoms. The van der Waals surface area contributed by atoms with Crippen molar-refractivity contribution in [2.24, 2.45) is 0 Å². The van der Waals surface area contributed by atoms with Gasteiger partial charge in [0.1, 0.15) is 5.76 Å². The van der Waals surface area contributed by atoms with Gasteiger partial charge in [0.15, 0.2) is 0 Å². The van der Waals surface area contributed by atoms with E-state index in [1.54, 1.807) is 6.26 Å². The average molecular weight is 335 g/mol. The van der Waals surface area contributed by atoms with Crippen molar-refractivity contribution >= 4 is 5.91 Å². The summed E-state index contributed by atoms with van der Waals surface area (Å²) in [4.78, 5) is 14.5. The summed E-state index contributed by atoms with van der Waals surface area (Å²) in [5.41, 5.74) is 0. The minimum absolute atomic E-state index is 0.193. The zero-order chi connectivity index (χ0) is 17.0. The standard InChI is InChI=1S/C20H33NO3/c1-2-3-4-5-6-7-8-13-20(22)21(16-18-11-9-14-23-18)17-19-12-10-15-24-19/h9,11,14,19H,2-8,10,12-13,15-17H2,1H3. The number of carbonyl (C=O) groups is 1. The minimum atomic E-state index is 0.193. The van der Waals surface area contributed by atoms with Crippen molar-refractivity contribution < 1.29 is 13.9 Å². The van der Waals surface area contributed by atoms with E-state index in [1.807, 2.05) is 17.0 Å². The summed E-state index contributed by atoms with van der Waals surface area (Å²) in [6, 6.07) is 3.81. The molecule has 1 atom stereocenters. The molecule has 1 aliphatic heterocycles. The molecule has 1 aromatic heterocycles. The molecule has 0 spiro atoms. The molecule has 0 bridgehead atoms. The van der Waals surface area contributed by atoms with Gasteiger partial charge >= 0.3 is 0 Å². The van der Waals surface area contributed by atoms with E-state index in [-0.39, 0.29) is 12.0 Å². The Balaban J connectivity index is 1.71. The smallest absolute Gasteiger partial charge is 0.223 e. The van der Waals surface area contributed by atoms with Crippen molar-refractivity contribution in [1.29, 1.82) is 0 Å². The first kappa shape index (κ1) is 19.0. The Labute approximate surface area is 146 Å². The third kappa shape index (κ3) is 7.08. The molecule has 136 valence electrons. The summed E-state index contributed by atoms with van der Waals surface area (Å²) >= 11 is 0. The number of amides is 1. The zero-order valence-electron chi connectivity index (χ0n) is 15.2. The predicted molar refractivity (Wildman–Crippen MR) is 95.7 cm³/mol. The highest BCUT2D eigenvalue weighted by Gasteiger charge is 2.23. The molecule has 1 aliphatic rings. The van der Waals surface area contributed by atoms with Gasteiger partial charge in [-0.2, -0.15) is 0 Å². The van der Waals surface area contributed by atoms with Crippen molar-refractivity contribution in [2.45, 2.75) is 83.8 Å². The Morgan fingerprint density at radius 1 is 1.21 bits per heavy atom. The van der Waals surface area contributed by atoms with Gasteiger partial charge in [0, 0.05) is 19.6 Å². The van der Waals surface area contributed by atoms with Crippen LogP contribution in [0.1, 0.15) is 76.9 Å². The van der Waals surface area contributed by atoms with E-state index in [1.165, 1.54) is 32.1 Å². The van der Waals surface area contributed by atoms with Gasteiger partial charge < -0.3 is 14.1 Å². The first-order valence-corrected chi connectivity index (χ1v) is 9.71. The van der Waals surface area contributed by atoms with Crippen molar-refractivity contribution in [3.63, 3.8) is 0 Å². The third-order valence-corrected chi connectivity index (χ3v) is 4.72. The van der Waals surface area contributed by atoms with E-state index < -0.39 is 0 Å². The second kappa shape index (κ2) is 11.3. The average Bonchev–Trinajstić information content (AvgIpc) is 3.27. The Bertz CT molecular complexity index is 438. The molecule has 2 rings (SSSR count). The lowest BCUT2D eigenvalue weighted by Crippen LogP contribution is -2.36. The predicted octanol–water partition coefficient (Wildman–Crippen LogP) is 4.93. The first-order valence-electron chi connectivity index (χ1n) is 9.71. The van der Waals surface area contributed by atoms with Gasteiger partial charge in [0.25, 0.3) is 0 Å². The molecule has 1 saturated heterocycles. The maximum absolute atomic E-state index is 12.6. The normalized spacial score (nSPS) is 17.3. The van der Waals surface area contributed by atoms with Gasteiger partial charge in [-0.05, 0) is 31.4 Å². The first-order chi connectivity index (χ1) is 11.8. The highest BCUT2D eigenvalue weighted by atomic mass is 16.5. The molecule has 0 aliphatic carbocycles. The van der Waals surface area contributed by atoms with Gasteiger partial charge in [0.2, 0.25) is 5.91 Å². The Morgan fingerprint density at radius 2 is 2.00 bits per heavy atom. The second-order valence-electron chi connectivity index (χ2n) is 6.86. The van der Waals surface area contributed by atoms with Crippen LogP contribution in [-0.2, 0) is 16.1 Å². The highest BCUT2D eigenvalue weighted by Crippen LogP contribution is 2.17. The van der Waals surface area contributed by atoms with Crippen LogP contribution in [0.4, 0.5) is 0 Å². The summed E-state index contributed by atoms with van der Waals surface area (Å²) in [7, 11) is 0. The van der Waals surface area contributed by atoms with Crippen LogP contribution >= 0.6 is 0 Å². The fraction of sp³-hybridized carbons (Fsp3) is 0.750. The number of nitrogens with zero attached hydrogens (tertiary/aromatic N) is 1. The lowest BCUT2D eigenvalue weighted by atomic mass is 10.1. The summed E-state index contributed by atoms with van der Waals surface area (Å²) in [5.74, 6) is 1.08. The monoisotopic (exact) mass is 335 g/mol. The fourth-order valence-electron chi connectivity index (χ4n) is 3.27. The highest BCUT2D eigenvalue weighted by molar-refractivity contribution is 5.76. The molecule has 0 radical (unpaired) electrons. The Hall–Kier alpha value is -1.29. The lowest BCUT2D eigenvalue weighted by molar-refractivity contribution is -0.133. The number of carbonyl (C=O) groups excluding carboxylic acids is 1. The van der Waals surface area contributed by atoms with Crippen LogP contribution in [0.5, 0.6) is 0 Å². The molecule has 0 saturated carbocycles. The van der Waals surface area contributed by atoms with Crippen molar-refractivity contribution in [3.8, 4) is 0 Å². The summed E-state index contributed by atoms with van der Waals surface area (Å²) in [5, 5.41) is 0. The number of hydrogen-bond acceptors (Lipinski definition) is 3. The van der Waals surface area contributed by atoms with Gasteiger partial charge in [-0.1, -0.05) is 45.4 Å². The van der Waals surface area contributed by atoms with Crippen LogP contribution in [0, 0.1) is 0 Å². The molecule has 0 aromatic carbocycles. The van der Waals surface area contributed by atoms with Gasteiger partial charge in [-0.3, -0.25) is 4.79 Å². The van der Waals surface area contributed by atoms with Crippen LogP contribution in [0.2, 0.25) is 0 Å². The number of rotatable bonds is 12. The number of unbranched alkanes of at least 4 members (excludes halogenated alkanes) is 6. The molecular formula is C20H33NO3. The van der Waals surface area contributed by atoms with Crippen molar-refractivity contribution in [3.05, 3.63) is 24.2 Å². The van der Waals surface area contributed by atoms with E-state index in [2.05, 4.69) is 6.92 Å². The number of furan rings is 1. The molecular weight excluding hydrogens is 302 g/mol. The Kier molecular flexibility index (Phi) is 8.96. The van der Waals surface area contributed by atoms with Crippen LogP contribution in [0.3, 0.4) is 0 Å². The molecule has 0 N–H and O–H groups in total. The maximum Gasteiger partial charge on any atom is 0.223 e. The summed E-state index contributed by atoms with van der Waals surface area (Å²) in [6.07, 6.45) is 13.3. The maximum atomic E-state index is 12.6. The molecule has 1 unspecified atom stereocenters. The van der Waals surface area contributed by atoms with E-state index in [9.17, 15) is 4.79 Å². The van der Waals surface area contributed by atoms with Gasteiger partial charge in [-0.15, -0.1) is 0 Å². The van der Waals surface area contributed by atoms with Crippen LogP contribution < -0.4 is 0 Å². The largest absolute Gasteiger partial charge is 0.467 e. The minimum Gasteiger partial charge on any atom is -0.467 e. The SMILES string of the molecule is CCCCCCCCCC(=O)N(Cc1ccco1)CC1CCCO1. The van der Waals surface area contributed by atoms with Gasteiger partial charge in [-0.25, -0.2) is 0 Å². The van der Waals surface area contributed by atoms with Crippen molar-refractivity contribution in [2.75, 3.05) is 13.2 Å². The van der Waals surface area contributed by atoms with E-state index in [0.717, 1.165) is 38.1 Å². The molecule has 4 nitrogen and oxygen atoms in total. The van der Waals surface area contributed by atoms with Crippen LogP contribution in [-0.4, -0.2) is 30.1 Å². The van der Waals surface area contributed by atoms with E-state index in [4.69, 9.17) is 9.15 Å². The molecule has 1 aromatic rings. The second-order valence-corrected chi connectivity index (χ2v) is 6.86. The lowest BCUT2D eigenvalue weighted by Gasteiger charge is -2.24. The molecule has 1 amide bonds. The summed E-state index contributed by atoms with van der Waals surface area (Å²) in [6.45, 7) is 4.31. The quantitative estimate of drug-likeness (QED) is 0.509. The third-order valence-electron chi connectivity index (χ3n) is 4.72. The van der Waals surface area contributed by atoms with Crippen molar-refractivity contribution in [1.82, 2.24) is 4.90 Å². The topological polar surface area (TPSA) is 42.7 Å². The fourth-order valence-corrected chi connectivity index (χ4v) is 3.27. The summed E-state index contributed by atoms with van der Waals surface area (Å²) < 4.78 is 11.1. The number of hydrogen-bond donors (Lipinski definition) is 0. The zero-order valence-corrected chi connectivity index (χ0v) is 15.2. The molecule has 4 heteroatoms. The molecule has 1 fully saturated rings. The Morgan fingerprint density at radius 3 is 2.67 bits per heavy atom. The molecule has 2 heterocycles.